The molecule has 7 heteroatoms. The minimum Gasteiger partial charge on any atom is -0.326 e. The molecule has 5 nitrogen and oxygen atoms in total. The number of hydrogen-bond donors (Lipinski definition) is 2. The van der Waals surface area contributed by atoms with Crippen molar-refractivity contribution in [3.8, 4) is 0 Å². The number of rotatable bonds is 5. The van der Waals surface area contributed by atoms with Gasteiger partial charge in [-0.2, -0.15) is 11.3 Å². The molecule has 0 aliphatic heterocycles. The van der Waals surface area contributed by atoms with Crippen LogP contribution in [0.25, 0.3) is 0 Å². The fraction of sp³-hybridized carbons (Fsp3) is 0.250. The van der Waals surface area contributed by atoms with Crippen LogP contribution in [0.1, 0.15) is 16.7 Å². The predicted octanol–water partition coefficient (Wildman–Crippen LogP) is 1.39. The quantitative estimate of drug-likeness (QED) is 0.873. The zero-order valence-corrected chi connectivity index (χ0v) is 12.1. The topological polar surface area (TPSA) is 85.1 Å². The summed E-state index contributed by atoms with van der Waals surface area (Å²) in [6.07, 6.45) is 1.48. The second-order valence-corrected chi connectivity index (χ2v) is 6.57. The Balaban J connectivity index is 2.11. The molecule has 0 spiro atoms. The molecule has 0 saturated carbocycles. The Hall–Kier alpha value is -1.28. The zero-order valence-electron chi connectivity index (χ0n) is 10.5. The van der Waals surface area contributed by atoms with Gasteiger partial charge >= 0.3 is 0 Å². The van der Waals surface area contributed by atoms with Crippen LogP contribution < -0.4 is 10.5 Å². The van der Waals surface area contributed by atoms with E-state index in [1.165, 1.54) is 12.3 Å². The number of nitrogens with two attached hydrogens (primary N) is 1. The molecule has 0 unspecified atom stereocenters. The molecule has 2 aromatic heterocycles. The molecule has 0 atom stereocenters. The summed E-state index contributed by atoms with van der Waals surface area (Å²) in [6, 6.07) is 3.13. The first-order valence-electron chi connectivity index (χ1n) is 5.69. The van der Waals surface area contributed by atoms with E-state index in [0.717, 1.165) is 16.7 Å². The maximum atomic E-state index is 12.0. The van der Waals surface area contributed by atoms with Crippen molar-refractivity contribution in [1.82, 2.24) is 9.71 Å². The predicted molar refractivity (Wildman–Crippen MR) is 75.2 cm³/mol. The fourth-order valence-corrected chi connectivity index (χ4v) is 3.29. The number of nitrogens with one attached hydrogen (secondary N) is 1. The first kappa shape index (κ1) is 14.1. The Morgan fingerprint density at radius 2 is 2.16 bits per heavy atom. The SMILES string of the molecule is Cc1cscc1CNS(=O)(=O)c1ccc(CN)cn1. The average molecular weight is 297 g/mol. The van der Waals surface area contributed by atoms with Crippen LogP contribution in [0.3, 0.4) is 0 Å². The number of sulfonamides is 1. The van der Waals surface area contributed by atoms with E-state index in [1.54, 1.807) is 17.4 Å². The van der Waals surface area contributed by atoms with Crippen molar-refractivity contribution in [3.63, 3.8) is 0 Å². The molecule has 0 radical (unpaired) electrons. The Kier molecular flexibility index (Phi) is 4.31. The molecular formula is C12H15N3O2S2. The van der Waals surface area contributed by atoms with Crippen molar-refractivity contribution in [2.75, 3.05) is 0 Å². The maximum Gasteiger partial charge on any atom is 0.258 e. The van der Waals surface area contributed by atoms with E-state index in [1.807, 2.05) is 17.7 Å². The van der Waals surface area contributed by atoms with Gasteiger partial charge in [-0.1, -0.05) is 6.07 Å². The summed E-state index contributed by atoms with van der Waals surface area (Å²) in [7, 11) is -3.58. The molecule has 0 bridgehead atoms. The van der Waals surface area contributed by atoms with Crippen molar-refractivity contribution in [2.45, 2.75) is 25.0 Å². The van der Waals surface area contributed by atoms with Crippen LogP contribution in [0.2, 0.25) is 0 Å². The van der Waals surface area contributed by atoms with Crippen LogP contribution in [0, 0.1) is 6.92 Å². The van der Waals surface area contributed by atoms with Crippen LogP contribution in [-0.4, -0.2) is 13.4 Å². The Labute approximate surface area is 116 Å². The maximum absolute atomic E-state index is 12.0. The van der Waals surface area contributed by atoms with Gasteiger partial charge in [0.2, 0.25) is 0 Å². The molecule has 0 fully saturated rings. The lowest BCUT2D eigenvalue weighted by Crippen LogP contribution is -2.24. The summed E-state index contributed by atoms with van der Waals surface area (Å²) < 4.78 is 26.6. The molecular weight excluding hydrogens is 282 g/mol. The van der Waals surface area contributed by atoms with E-state index in [9.17, 15) is 8.42 Å². The third-order valence-electron chi connectivity index (χ3n) is 2.72. The van der Waals surface area contributed by atoms with Crippen molar-refractivity contribution in [1.29, 1.82) is 0 Å². The number of nitrogens with zero attached hydrogens (tertiary/aromatic N) is 1. The molecule has 102 valence electrons. The van der Waals surface area contributed by atoms with Crippen LogP contribution in [0.15, 0.2) is 34.1 Å². The van der Waals surface area contributed by atoms with E-state index in [-0.39, 0.29) is 11.6 Å². The van der Waals surface area contributed by atoms with Crippen LogP contribution in [0.4, 0.5) is 0 Å². The Bertz CT molecular complexity index is 648. The van der Waals surface area contributed by atoms with Crippen molar-refractivity contribution in [3.05, 3.63) is 45.8 Å². The summed E-state index contributed by atoms with van der Waals surface area (Å²) in [5, 5.41) is 3.93. The number of aryl methyl sites for hydroxylation is 1. The van der Waals surface area contributed by atoms with Crippen molar-refractivity contribution >= 4 is 21.4 Å². The molecule has 2 heterocycles. The number of pyridine rings is 1. The number of hydrogen-bond acceptors (Lipinski definition) is 5. The molecule has 0 saturated heterocycles. The zero-order chi connectivity index (χ0) is 13.9. The molecule has 0 amide bonds. The van der Waals surface area contributed by atoms with Gasteiger partial charge in [-0.15, -0.1) is 0 Å². The van der Waals surface area contributed by atoms with E-state index >= 15 is 0 Å². The molecule has 0 aliphatic rings. The lowest BCUT2D eigenvalue weighted by molar-refractivity contribution is 0.577. The second kappa shape index (κ2) is 5.79. The normalized spacial score (nSPS) is 11.7. The lowest BCUT2D eigenvalue weighted by Gasteiger charge is -2.06. The molecule has 19 heavy (non-hydrogen) atoms. The van der Waals surface area contributed by atoms with Crippen molar-refractivity contribution in [2.24, 2.45) is 5.73 Å². The third kappa shape index (κ3) is 3.38. The summed E-state index contributed by atoms with van der Waals surface area (Å²) in [6.45, 7) is 2.57. The number of thiophene rings is 1. The minimum absolute atomic E-state index is 0.0117. The minimum atomic E-state index is -3.58. The summed E-state index contributed by atoms with van der Waals surface area (Å²) in [5.41, 5.74) is 8.30. The summed E-state index contributed by atoms with van der Waals surface area (Å²) in [4.78, 5) is 3.92. The highest BCUT2D eigenvalue weighted by atomic mass is 32.2. The molecule has 3 N–H and O–H groups in total. The molecule has 2 aromatic rings. The smallest absolute Gasteiger partial charge is 0.258 e. The summed E-state index contributed by atoms with van der Waals surface area (Å²) >= 11 is 1.55. The van der Waals surface area contributed by atoms with Crippen LogP contribution >= 0.6 is 11.3 Å². The van der Waals surface area contributed by atoms with Crippen LogP contribution in [0.5, 0.6) is 0 Å². The highest BCUT2D eigenvalue weighted by Crippen LogP contribution is 2.14. The Morgan fingerprint density at radius 1 is 1.37 bits per heavy atom. The van der Waals surface area contributed by atoms with Gasteiger partial charge in [0.05, 0.1) is 0 Å². The van der Waals surface area contributed by atoms with E-state index < -0.39 is 10.0 Å². The third-order valence-corrected chi connectivity index (χ3v) is 4.95. The Morgan fingerprint density at radius 3 is 2.68 bits per heavy atom. The van der Waals surface area contributed by atoms with Crippen LogP contribution in [-0.2, 0) is 23.1 Å². The van der Waals surface area contributed by atoms with Gasteiger partial charge in [0, 0.05) is 19.3 Å². The first-order chi connectivity index (χ1) is 9.03. The highest BCUT2D eigenvalue weighted by Gasteiger charge is 2.15. The first-order valence-corrected chi connectivity index (χ1v) is 8.12. The van der Waals surface area contributed by atoms with Gasteiger partial charge in [-0.25, -0.2) is 18.1 Å². The summed E-state index contributed by atoms with van der Waals surface area (Å²) in [5.74, 6) is 0. The monoisotopic (exact) mass is 297 g/mol. The second-order valence-electron chi connectivity index (χ2n) is 4.11. The van der Waals surface area contributed by atoms with E-state index in [0.29, 0.717) is 6.54 Å². The molecule has 2 rings (SSSR count). The standard InChI is InChI=1S/C12H15N3O2S2/c1-9-7-18-8-11(9)6-15-19(16,17)12-3-2-10(4-13)5-14-12/h2-3,5,7-8,15H,4,6,13H2,1H3. The van der Waals surface area contributed by atoms with Gasteiger partial charge in [-0.05, 0) is 40.4 Å². The van der Waals surface area contributed by atoms with Gasteiger partial charge in [0.1, 0.15) is 0 Å². The van der Waals surface area contributed by atoms with Gasteiger partial charge < -0.3 is 5.73 Å². The fourth-order valence-electron chi connectivity index (χ4n) is 1.51. The molecule has 0 aliphatic carbocycles. The van der Waals surface area contributed by atoms with E-state index in [4.69, 9.17) is 5.73 Å². The van der Waals surface area contributed by atoms with E-state index in [2.05, 4.69) is 9.71 Å². The largest absolute Gasteiger partial charge is 0.326 e. The van der Waals surface area contributed by atoms with Crippen molar-refractivity contribution < 1.29 is 8.42 Å². The number of aromatic nitrogens is 1. The molecule has 0 aromatic carbocycles. The average Bonchev–Trinajstić information content (AvgIpc) is 2.82. The lowest BCUT2D eigenvalue weighted by atomic mass is 10.2. The highest BCUT2D eigenvalue weighted by molar-refractivity contribution is 7.89. The van der Waals surface area contributed by atoms with Gasteiger partial charge in [-0.3, -0.25) is 0 Å². The van der Waals surface area contributed by atoms with Gasteiger partial charge in [0.15, 0.2) is 5.03 Å². The van der Waals surface area contributed by atoms with Gasteiger partial charge in [0.25, 0.3) is 10.0 Å².